The summed E-state index contributed by atoms with van der Waals surface area (Å²) < 4.78 is 1.05. The number of rotatable bonds is 5. The largest absolute Gasteiger partial charge is 0.465 e. The van der Waals surface area contributed by atoms with Gasteiger partial charge in [0.05, 0.1) is 4.88 Å². The predicted octanol–water partition coefficient (Wildman–Crippen LogP) is 4.50. The zero-order valence-electron chi connectivity index (χ0n) is 18.1. The van der Waals surface area contributed by atoms with Crippen molar-refractivity contribution in [1.82, 2.24) is 15.1 Å². The number of carbonyl (C=O) groups excluding carboxylic acids is 1. The molecule has 0 saturated carbocycles. The van der Waals surface area contributed by atoms with Crippen LogP contribution in [0.1, 0.15) is 28.1 Å². The number of fused-ring (bicyclic) bond motifs is 4. The first-order valence-corrected chi connectivity index (χ1v) is 11.9. The van der Waals surface area contributed by atoms with Crippen molar-refractivity contribution in [1.29, 1.82) is 0 Å². The van der Waals surface area contributed by atoms with E-state index in [0.717, 1.165) is 51.3 Å². The van der Waals surface area contributed by atoms with Crippen molar-refractivity contribution in [3.8, 4) is 11.1 Å². The van der Waals surface area contributed by atoms with Crippen LogP contribution in [0.5, 0.6) is 0 Å². The smallest absolute Gasteiger partial charge is 0.407 e. The number of nitrogens with zero attached hydrogens (tertiary/aromatic N) is 2. The van der Waals surface area contributed by atoms with E-state index in [1.165, 1.54) is 29.1 Å². The van der Waals surface area contributed by atoms with Crippen LogP contribution in [0.25, 0.3) is 21.2 Å². The van der Waals surface area contributed by atoms with E-state index in [4.69, 9.17) is 0 Å². The quantitative estimate of drug-likeness (QED) is 0.602. The number of thiophene rings is 1. The minimum atomic E-state index is -0.958. The molecule has 0 aliphatic carbocycles. The molecule has 2 amide bonds. The Bertz CT molecular complexity index is 1170. The average molecular weight is 450 g/mol. The summed E-state index contributed by atoms with van der Waals surface area (Å²) in [7, 11) is 1.57. The fraction of sp³-hybridized carbons (Fsp3) is 0.360. The Hall–Kier alpha value is -2.90. The summed E-state index contributed by atoms with van der Waals surface area (Å²) in [6.45, 7) is 3.57. The lowest BCUT2D eigenvalue weighted by molar-refractivity contribution is 0.0622. The minimum Gasteiger partial charge on any atom is -0.465 e. The molecule has 166 valence electrons. The summed E-state index contributed by atoms with van der Waals surface area (Å²) in [5, 5.41) is 13.6. The minimum absolute atomic E-state index is 0.00907. The summed E-state index contributed by atoms with van der Waals surface area (Å²) >= 11 is 1.51. The standard InChI is InChI=1S/C25H27N3O3S/c1-27(25(30)31)14-18-5-2-3-7-19(18)20-8-4-6-17-13-22(32-23(17)20)24(29)26-21-15-28-11-9-16(21)10-12-28/h2-8,13,16,21H,9-12,14-15H2,1H3,(H,26,29)(H,30,31)/t21-/m0/s1. The van der Waals surface area contributed by atoms with Crippen molar-refractivity contribution >= 4 is 33.4 Å². The Balaban J connectivity index is 1.44. The highest BCUT2D eigenvalue weighted by Gasteiger charge is 2.35. The maximum Gasteiger partial charge on any atom is 0.407 e. The Labute approximate surface area is 191 Å². The molecule has 3 saturated heterocycles. The number of carbonyl (C=O) groups is 2. The van der Waals surface area contributed by atoms with Gasteiger partial charge in [-0.25, -0.2) is 4.79 Å². The maximum atomic E-state index is 13.1. The molecular formula is C25H27N3O3S. The molecule has 3 fully saturated rings. The fourth-order valence-electron chi connectivity index (χ4n) is 5.00. The van der Waals surface area contributed by atoms with E-state index in [1.807, 2.05) is 48.5 Å². The summed E-state index contributed by atoms with van der Waals surface area (Å²) in [5.41, 5.74) is 2.97. The van der Waals surface area contributed by atoms with E-state index in [-0.39, 0.29) is 11.9 Å². The molecule has 1 atom stereocenters. The second-order valence-corrected chi connectivity index (χ2v) is 9.90. The predicted molar refractivity (Wildman–Crippen MR) is 127 cm³/mol. The molecular weight excluding hydrogens is 422 g/mol. The highest BCUT2D eigenvalue weighted by Crippen LogP contribution is 2.37. The molecule has 2 bridgehead atoms. The van der Waals surface area contributed by atoms with Gasteiger partial charge in [0.1, 0.15) is 0 Å². The van der Waals surface area contributed by atoms with Crippen molar-refractivity contribution in [2.24, 2.45) is 5.92 Å². The van der Waals surface area contributed by atoms with Crippen LogP contribution in [-0.2, 0) is 6.54 Å². The molecule has 7 heteroatoms. The number of hydrogen-bond donors (Lipinski definition) is 2. The van der Waals surface area contributed by atoms with Crippen LogP contribution >= 0.6 is 11.3 Å². The lowest BCUT2D eigenvalue weighted by Gasteiger charge is -2.44. The summed E-state index contributed by atoms with van der Waals surface area (Å²) in [5.74, 6) is 0.599. The van der Waals surface area contributed by atoms with Crippen LogP contribution in [0.3, 0.4) is 0 Å². The van der Waals surface area contributed by atoms with E-state index in [2.05, 4.69) is 10.2 Å². The number of benzene rings is 2. The molecule has 0 radical (unpaired) electrons. The highest BCUT2D eigenvalue weighted by molar-refractivity contribution is 7.21. The van der Waals surface area contributed by atoms with Gasteiger partial charge in [-0.2, -0.15) is 0 Å². The molecule has 32 heavy (non-hydrogen) atoms. The molecule has 2 N–H and O–H groups in total. The molecule has 4 heterocycles. The summed E-state index contributed by atoms with van der Waals surface area (Å²) in [6.07, 6.45) is 1.38. The number of nitrogens with one attached hydrogen (secondary N) is 1. The fourth-order valence-corrected chi connectivity index (χ4v) is 6.09. The highest BCUT2D eigenvalue weighted by atomic mass is 32.1. The van der Waals surface area contributed by atoms with E-state index in [1.54, 1.807) is 7.05 Å². The molecule has 6 nitrogen and oxygen atoms in total. The van der Waals surface area contributed by atoms with Crippen LogP contribution in [0.2, 0.25) is 0 Å². The Morgan fingerprint density at radius 1 is 1.12 bits per heavy atom. The van der Waals surface area contributed by atoms with Crippen molar-refractivity contribution in [3.63, 3.8) is 0 Å². The Morgan fingerprint density at radius 2 is 1.88 bits per heavy atom. The molecule has 3 aromatic rings. The van der Waals surface area contributed by atoms with Gasteiger partial charge in [-0.3, -0.25) is 4.79 Å². The van der Waals surface area contributed by atoms with Crippen LogP contribution in [0.4, 0.5) is 4.79 Å². The normalized spacial score (nSPS) is 22.1. The third kappa shape index (κ3) is 3.98. The summed E-state index contributed by atoms with van der Waals surface area (Å²) in [4.78, 5) is 28.9. The molecule has 2 aromatic carbocycles. The van der Waals surface area contributed by atoms with Gasteiger partial charge in [0, 0.05) is 30.9 Å². The zero-order chi connectivity index (χ0) is 22.2. The van der Waals surface area contributed by atoms with E-state index in [9.17, 15) is 14.7 Å². The zero-order valence-corrected chi connectivity index (χ0v) is 18.9. The van der Waals surface area contributed by atoms with Gasteiger partial charge in [-0.05, 0) is 60.0 Å². The molecule has 3 aliphatic rings. The average Bonchev–Trinajstić information content (AvgIpc) is 3.25. The van der Waals surface area contributed by atoms with E-state index >= 15 is 0 Å². The van der Waals surface area contributed by atoms with Crippen molar-refractivity contribution in [2.75, 3.05) is 26.7 Å². The van der Waals surface area contributed by atoms with Gasteiger partial charge >= 0.3 is 6.09 Å². The monoisotopic (exact) mass is 449 g/mol. The number of hydrogen-bond acceptors (Lipinski definition) is 4. The van der Waals surface area contributed by atoms with Gasteiger partial charge in [0.2, 0.25) is 0 Å². The number of carboxylic acid groups (broad SMARTS) is 1. The third-order valence-corrected chi connectivity index (χ3v) is 7.97. The van der Waals surface area contributed by atoms with E-state index < -0.39 is 6.09 Å². The van der Waals surface area contributed by atoms with Gasteiger partial charge in [0.25, 0.3) is 5.91 Å². The number of amides is 2. The first-order chi connectivity index (χ1) is 15.5. The Kier molecular flexibility index (Phi) is 5.61. The van der Waals surface area contributed by atoms with Gasteiger partial charge in [0.15, 0.2) is 0 Å². The first kappa shape index (κ1) is 21.0. The van der Waals surface area contributed by atoms with Crippen molar-refractivity contribution in [2.45, 2.75) is 25.4 Å². The van der Waals surface area contributed by atoms with Gasteiger partial charge in [-0.15, -0.1) is 11.3 Å². The van der Waals surface area contributed by atoms with E-state index in [0.29, 0.717) is 12.5 Å². The van der Waals surface area contributed by atoms with Crippen LogP contribution in [-0.4, -0.2) is 59.6 Å². The number of piperidine rings is 3. The SMILES string of the molecule is CN(Cc1ccccc1-c1cccc2cc(C(=O)N[C@H]3CN4CCC3CC4)sc12)C(=O)O. The van der Waals surface area contributed by atoms with Crippen molar-refractivity contribution < 1.29 is 14.7 Å². The van der Waals surface area contributed by atoms with Crippen molar-refractivity contribution in [3.05, 3.63) is 59.0 Å². The second-order valence-electron chi connectivity index (χ2n) is 8.85. The molecule has 0 unspecified atom stereocenters. The summed E-state index contributed by atoms with van der Waals surface area (Å²) in [6, 6.07) is 16.2. The maximum absolute atomic E-state index is 13.1. The van der Waals surface area contributed by atoms with Crippen LogP contribution in [0, 0.1) is 5.92 Å². The molecule has 3 aliphatic heterocycles. The molecule has 6 rings (SSSR count). The van der Waals surface area contributed by atoms with Gasteiger partial charge < -0.3 is 20.2 Å². The van der Waals surface area contributed by atoms with Crippen LogP contribution < -0.4 is 5.32 Å². The molecule has 0 spiro atoms. The lowest BCUT2D eigenvalue weighted by atomic mass is 9.84. The lowest BCUT2D eigenvalue weighted by Crippen LogP contribution is -2.57. The second kappa shape index (κ2) is 8.56. The third-order valence-electron chi connectivity index (χ3n) is 6.78. The van der Waals surface area contributed by atoms with Crippen LogP contribution in [0.15, 0.2) is 48.5 Å². The van der Waals surface area contributed by atoms with Gasteiger partial charge in [-0.1, -0.05) is 42.5 Å². The Morgan fingerprint density at radius 3 is 2.59 bits per heavy atom. The first-order valence-electron chi connectivity index (χ1n) is 11.1. The topological polar surface area (TPSA) is 72.9 Å². The molecule has 1 aromatic heterocycles.